The van der Waals surface area contributed by atoms with Crippen LogP contribution in [0, 0.1) is 20.8 Å². The lowest BCUT2D eigenvalue weighted by Crippen LogP contribution is -2.47. The zero-order chi connectivity index (χ0) is 21.5. The summed E-state index contributed by atoms with van der Waals surface area (Å²) in [7, 11) is 0. The van der Waals surface area contributed by atoms with Gasteiger partial charge < -0.3 is 19.5 Å². The van der Waals surface area contributed by atoms with Gasteiger partial charge in [0.25, 0.3) is 0 Å². The molecular formula is C22H27NO6. The summed E-state index contributed by atoms with van der Waals surface area (Å²) < 4.78 is 11.6. The van der Waals surface area contributed by atoms with Crippen molar-refractivity contribution < 1.29 is 29.0 Å². The summed E-state index contributed by atoms with van der Waals surface area (Å²) in [4.78, 5) is 37.6. The summed E-state index contributed by atoms with van der Waals surface area (Å²) in [6.45, 7) is 9.29. The van der Waals surface area contributed by atoms with Crippen LogP contribution in [0.1, 0.15) is 42.5 Å². The van der Waals surface area contributed by atoms with Crippen LogP contribution in [-0.4, -0.2) is 52.3 Å². The van der Waals surface area contributed by atoms with Gasteiger partial charge in [0.1, 0.15) is 18.1 Å². The van der Waals surface area contributed by atoms with Gasteiger partial charge >= 0.3 is 5.97 Å². The first kappa shape index (κ1) is 20.9. The number of phenols is 1. The number of aromatic hydroxyl groups is 1. The molecule has 1 aromatic carbocycles. The highest BCUT2D eigenvalue weighted by molar-refractivity contribution is 6.43. The minimum atomic E-state index is -1.12. The number of ether oxygens (including phenoxy) is 2. The predicted molar refractivity (Wildman–Crippen MR) is 106 cm³/mol. The van der Waals surface area contributed by atoms with Crippen molar-refractivity contribution in [3.05, 3.63) is 34.5 Å². The Labute approximate surface area is 170 Å². The molecule has 0 spiro atoms. The highest BCUT2D eigenvalue weighted by Crippen LogP contribution is 2.43. The molecule has 1 aromatic rings. The highest BCUT2D eigenvalue weighted by Gasteiger charge is 2.42. The minimum absolute atomic E-state index is 0.0768. The molecule has 3 rings (SSSR count). The lowest BCUT2D eigenvalue weighted by Gasteiger charge is -2.36. The molecule has 0 radical (unpaired) electrons. The van der Waals surface area contributed by atoms with Crippen LogP contribution in [0.3, 0.4) is 0 Å². The van der Waals surface area contributed by atoms with E-state index in [-0.39, 0.29) is 12.4 Å². The summed E-state index contributed by atoms with van der Waals surface area (Å²) >= 11 is 0. The molecule has 0 amide bonds. The Hall–Kier alpha value is -2.83. The number of nitrogens with zero attached hydrogens (tertiary/aromatic N) is 1. The zero-order valence-electron chi connectivity index (χ0n) is 17.5. The largest absolute Gasteiger partial charge is 0.507 e. The van der Waals surface area contributed by atoms with Gasteiger partial charge in [-0.2, -0.15) is 0 Å². The van der Waals surface area contributed by atoms with Gasteiger partial charge in [-0.15, -0.1) is 0 Å². The van der Waals surface area contributed by atoms with E-state index in [4.69, 9.17) is 9.47 Å². The molecule has 2 aliphatic rings. The lowest BCUT2D eigenvalue weighted by atomic mass is 9.87. The number of Topliss-reactive ketones (excluding diaryl/α,β-unsaturated/α-hetero) is 1. The molecule has 2 unspecified atom stereocenters. The molecule has 7 nitrogen and oxygen atoms in total. The molecule has 2 atom stereocenters. The summed E-state index contributed by atoms with van der Waals surface area (Å²) in [5.41, 5.74) is 2.14. The van der Waals surface area contributed by atoms with Crippen LogP contribution in [-0.2, 0) is 25.5 Å². The number of esters is 1. The normalized spacial score (nSPS) is 23.6. The third-order valence-corrected chi connectivity index (χ3v) is 6.07. The average molecular weight is 401 g/mol. The van der Waals surface area contributed by atoms with E-state index in [1.54, 1.807) is 24.9 Å². The molecule has 7 heteroatoms. The van der Waals surface area contributed by atoms with Gasteiger partial charge in [-0.05, 0) is 57.7 Å². The first-order chi connectivity index (χ1) is 13.6. The molecule has 0 fully saturated rings. The fourth-order valence-corrected chi connectivity index (χ4v) is 3.79. The second kappa shape index (κ2) is 7.54. The van der Waals surface area contributed by atoms with E-state index in [1.165, 1.54) is 6.08 Å². The smallest absolute Gasteiger partial charge is 0.350 e. The summed E-state index contributed by atoms with van der Waals surface area (Å²) in [5, 5.41) is 10.3. The number of hydrogen-bond donors (Lipinski definition) is 1. The predicted octanol–water partition coefficient (Wildman–Crippen LogP) is 2.30. The van der Waals surface area contributed by atoms with Gasteiger partial charge in [0.2, 0.25) is 17.2 Å². The van der Waals surface area contributed by atoms with Gasteiger partial charge in [-0.25, -0.2) is 4.79 Å². The van der Waals surface area contributed by atoms with Crippen LogP contribution in [0.25, 0.3) is 0 Å². The standard InChI is InChI=1S/C22H27NO6/c1-12-13(2)20-16(14(3)18(12)25)6-8-22(5,29-20)21(27)28-11-10-23-9-7-17(24)19(26)15(23)4/h7,9,15,25H,6,8,10-11H2,1-5H3. The molecule has 0 bridgehead atoms. The number of rotatable bonds is 4. The van der Waals surface area contributed by atoms with E-state index < -0.39 is 29.2 Å². The molecule has 2 heterocycles. The number of carbonyl (C=O) groups excluding carboxylic acids is 3. The third-order valence-electron chi connectivity index (χ3n) is 6.07. The van der Waals surface area contributed by atoms with Crippen molar-refractivity contribution >= 4 is 17.5 Å². The number of ketones is 2. The highest BCUT2D eigenvalue weighted by atomic mass is 16.6. The van der Waals surface area contributed by atoms with Gasteiger partial charge in [-0.3, -0.25) is 9.59 Å². The van der Waals surface area contributed by atoms with E-state index in [2.05, 4.69) is 0 Å². The summed E-state index contributed by atoms with van der Waals surface area (Å²) in [6.07, 6.45) is 3.83. The SMILES string of the molecule is Cc1c(C)c2c(c(C)c1O)CCC(C)(C(=O)OCCN1C=CC(=O)C(=O)C1C)O2. The Bertz CT molecular complexity index is 919. The number of benzene rings is 1. The number of hydrogen-bond acceptors (Lipinski definition) is 7. The molecule has 1 N–H and O–H groups in total. The number of allylic oxidation sites excluding steroid dienone is 1. The summed E-state index contributed by atoms with van der Waals surface area (Å²) in [5.74, 6) is -0.545. The maximum atomic E-state index is 12.8. The van der Waals surface area contributed by atoms with E-state index in [0.717, 1.165) is 22.3 Å². The van der Waals surface area contributed by atoms with Crippen LogP contribution in [0.15, 0.2) is 12.3 Å². The van der Waals surface area contributed by atoms with Crippen LogP contribution < -0.4 is 4.74 Å². The van der Waals surface area contributed by atoms with Gasteiger partial charge in [0, 0.05) is 24.3 Å². The van der Waals surface area contributed by atoms with E-state index in [9.17, 15) is 19.5 Å². The molecule has 29 heavy (non-hydrogen) atoms. The minimum Gasteiger partial charge on any atom is -0.507 e. The topological polar surface area (TPSA) is 93.1 Å². The number of fused-ring (bicyclic) bond motifs is 1. The molecular weight excluding hydrogens is 374 g/mol. The van der Waals surface area contributed by atoms with Crippen molar-refractivity contribution in [3.8, 4) is 11.5 Å². The molecule has 0 aliphatic carbocycles. The maximum absolute atomic E-state index is 12.8. The Morgan fingerprint density at radius 3 is 2.66 bits per heavy atom. The van der Waals surface area contributed by atoms with Gasteiger partial charge in [-0.1, -0.05) is 0 Å². The Morgan fingerprint density at radius 2 is 1.97 bits per heavy atom. The average Bonchev–Trinajstić information content (AvgIpc) is 2.70. The van der Waals surface area contributed by atoms with Crippen LogP contribution in [0.4, 0.5) is 0 Å². The fraction of sp³-hybridized carbons (Fsp3) is 0.500. The fourth-order valence-electron chi connectivity index (χ4n) is 3.79. The van der Waals surface area contributed by atoms with Crippen molar-refractivity contribution in [3.63, 3.8) is 0 Å². The Morgan fingerprint density at radius 1 is 1.28 bits per heavy atom. The number of phenolic OH excluding ortho intramolecular Hbond substituents is 1. The van der Waals surface area contributed by atoms with E-state index >= 15 is 0 Å². The first-order valence-electron chi connectivity index (χ1n) is 9.76. The zero-order valence-corrected chi connectivity index (χ0v) is 17.5. The molecule has 0 saturated carbocycles. The molecule has 0 saturated heterocycles. The number of carbonyl (C=O) groups is 3. The third kappa shape index (κ3) is 3.61. The monoisotopic (exact) mass is 401 g/mol. The second-order valence-electron chi connectivity index (χ2n) is 7.96. The summed E-state index contributed by atoms with van der Waals surface area (Å²) in [6, 6.07) is -0.569. The first-order valence-corrected chi connectivity index (χ1v) is 9.76. The van der Waals surface area contributed by atoms with Crippen molar-refractivity contribution in [1.82, 2.24) is 4.90 Å². The Kier molecular flexibility index (Phi) is 5.43. The maximum Gasteiger partial charge on any atom is 0.350 e. The quantitative estimate of drug-likeness (QED) is 0.611. The van der Waals surface area contributed by atoms with Crippen molar-refractivity contribution in [2.45, 2.75) is 59.1 Å². The van der Waals surface area contributed by atoms with Crippen molar-refractivity contribution in [2.75, 3.05) is 13.2 Å². The van der Waals surface area contributed by atoms with E-state index in [0.29, 0.717) is 25.1 Å². The van der Waals surface area contributed by atoms with Gasteiger partial charge in [0.05, 0.1) is 12.6 Å². The second-order valence-corrected chi connectivity index (χ2v) is 7.96. The van der Waals surface area contributed by atoms with Crippen LogP contribution in [0.5, 0.6) is 11.5 Å². The van der Waals surface area contributed by atoms with Crippen LogP contribution >= 0.6 is 0 Å². The van der Waals surface area contributed by atoms with Crippen molar-refractivity contribution in [1.29, 1.82) is 0 Å². The van der Waals surface area contributed by atoms with Crippen LogP contribution in [0.2, 0.25) is 0 Å². The Balaban J connectivity index is 1.67. The molecule has 156 valence electrons. The van der Waals surface area contributed by atoms with E-state index in [1.807, 2.05) is 20.8 Å². The van der Waals surface area contributed by atoms with Gasteiger partial charge in [0.15, 0.2) is 0 Å². The lowest BCUT2D eigenvalue weighted by molar-refractivity contribution is -0.162. The molecule has 0 aromatic heterocycles. The molecule has 2 aliphatic heterocycles. The van der Waals surface area contributed by atoms with Crippen molar-refractivity contribution in [2.24, 2.45) is 0 Å².